The van der Waals surface area contributed by atoms with E-state index in [0.29, 0.717) is 5.69 Å². The molecule has 0 fully saturated rings. The van der Waals surface area contributed by atoms with Crippen LogP contribution in [0.5, 0.6) is 0 Å². The fourth-order valence-electron chi connectivity index (χ4n) is 2.21. The molecule has 0 saturated heterocycles. The summed E-state index contributed by atoms with van der Waals surface area (Å²) in [5.41, 5.74) is 0.911. The number of para-hydroxylation sites is 1. The largest absolute Gasteiger partial charge is 0.465 e. The van der Waals surface area contributed by atoms with Crippen LogP contribution in [0.3, 0.4) is 0 Å². The Morgan fingerprint density at radius 1 is 0.852 bits per heavy atom. The molecule has 2 aromatic rings. The van der Waals surface area contributed by atoms with E-state index >= 15 is 0 Å². The van der Waals surface area contributed by atoms with Gasteiger partial charge in [0.05, 0.1) is 12.7 Å². The van der Waals surface area contributed by atoms with Gasteiger partial charge in [0.2, 0.25) is 11.8 Å². The zero-order valence-electron chi connectivity index (χ0n) is 14.5. The maximum absolute atomic E-state index is 12.1. The predicted molar refractivity (Wildman–Crippen MR) is 100 cm³/mol. The lowest BCUT2D eigenvalue weighted by atomic mass is 10.2. The molecule has 0 bridgehead atoms. The molecular weight excluding hydrogens is 372 g/mol. The van der Waals surface area contributed by atoms with Crippen molar-refractivity contribution in [2.45, 2.75) is 0 Å². The lowest BCUT2D eigenvalue weighted by Crippen LogP contribution is -2.30. The van der Waals surface area contributed by atoms with E-state index in [1.807, 2.05) is 0 Å². The Hall–Kier alpha value is -3.20. The summed E-state index contributed by atoms with van der Waals surface area (Å²) in [6, 6.07) is 14.2. The topological polar surface area (TPSA) is 119 Å². The summed E-state index contributed by atoms with van der Waals surface area (Å²) in [5, 5.41) is 4.83. The first-order valence-corrected chi connectivity index (χ1v) is 9.65. The lowest BCUT2D eigenvalue weighted by molar-refractivity contribution is -0.114. The standard InChI is InChI=1S/C18H18N2O6S/c1-26-18(23)13-6-5-9-15(10-13)20-17(22)12-27(24,25)11-16(21)19-14-7-3-2-4-8-14/h2-10H,11-12H2,1H3,(H,19,21)(H,20,22). The summed E-state index contributed by atoms with van der Waals surface area (Å²) < 4.78 is 28.7. The number of sulfone groups is 1. The number of amides is 2. The second-order valence-electron chi connectivity index (χ2n) is 5.57. The Morgan fingerprint density at radius 2 is 1.41 bits per heavy atom. The van der Waals surface area contributed by atoms with Crippen LogP contribution in [0.4, 0.5) is 11.4 Å². The molecule has 0 saturated carbocycles. The third-order valence-electron chi connectivity index (χ3n) is 3.33. The van der Waals surface area contributed by atoms with Crippen molar-refractivity contribution in [2.75, 3.05) is 29.2 Å². The molecule has 9 heteroatoms. The van der Waals surface area contributed by atoms with E-state index in [1.54, 1.807) is 30.3 Å². The van der Waals surface area contributed by atoms with Crippen molar-refractivity contribution in [3.8, 4) is 0 Å². The maximum atomic E-state index is 12.1. The van der Waals surface area contributed by atoms with Gasteiger partial charge in [-0.1, -0.05) is 24.3 Å². The van der Waals surface area contributed by atoms with Gasteiger partial charge in [0, 0.05) is 11.4 Å². The number of carbonyl (C=O) groups is 3. The molecule has 0 unspecified atom stereocenters. The Labute approximate surface area is 156 Å². The average molecular weight is 390 g/mol. The number of hydrogen-bond donors (Lipinski definition) is 2. The predicted octanol–water partition coefficient (Wildman–Crippen LogP) is 1.47. The van der Waals surface area contributed by atoms with Crippen LogP contribution in [0.15, 0.2) is 54.6 Å². The molecule has 0 aliphatic carbocycles. The van der Waals surface area contributed by atoms with Crippen molar-refractivity contribution in [3.63, 3.8) is 0 Å². The van der Waals surface area contributed by atoms with Crippen LogP contribution in [0.2, 0.25) is 0 Å². The zero-order valence-corrected chi connectivity index (χ0v) is 15.3. The molecule has 27 heavy (non-hydrogen) atoms. The number of carbonyl (C=O) groups excluding carboxylic acids is 3. The lowest BCUT2D eigenvalue weighted by Gasteiger charge is -2.08. The van der Waals surface area contributed by atoms with Crippen molar-refractivity contribution >= 4 is 39.0 Å². The maximum Gasteiger partial charge on any atom is 0.337 e. The molecule has 0 spiro atoms. The van der Waals surface area contributed by atoms with Gasteiger partial charge in [0.15, 0.2) is 9.84 Å². The van der Waals surface area contributed by atoms with Gasteiger partial charge in [-0.05, 0) is 30.3 Å². The normalized spacial score (nSPS) is 10.7. The van der Waals surface area contributed by atoms with E-state index in [1.165, 1.54) is 31.4 Å². The fraction of sp³-hybridized carbons (Fsp3) is 0.167. The van der Waals surface area contributed by atoms with Gasteiger partial charge >= 0.3 is 5.97 Å². The van der Waals surface area contributed by atoms with Crippen molar-refractivity contribution < 1.29 is 27.5 Å². The number of hydrogen-bond acceptors (Lipinski definition) is 6. The number of nitrogens with one attached hydrogen (secondary N) is 2. The van der Waals surface area contributed by atoms with E-state index in [-0.39, 0.29) is 11.3 Å². The Bertz CT molecular complexity index is 941. The molecule has 2 aromatic carbocycles. The van der Waals surface area contributed by atoms with Crippen LogP contribution in [0, 0.1) is 0 Å². The SMILES string of the molecule is COC(=O)c1cccc(NC(=O)CS(=O)(=O)CC(=O)Nc2ccccc2)c1. The molecule has 0 atom stereocenters. The third kappa shape index (κ3) is 6.55. The van der Waals surface area contributed by atoms with Crippen LogP contribution in [-0.4, -0.2) is 44.8 Å². The Morgan fingerprint density at radius 3 is 2.00 bits per heavy atom. The molecule has 0 aromatic heterocycles. The number of esters is 1. The smallest absolute Gasteiger partial charge is 0.337 e. The molecule has 0 heterocycles. The molecule has 0 aliphatic heterocycles. The highest BCUT2D eigenvalue weighted by Gasteiger charge is 2.21. The van der Waals surface area contributed by atoms with Gasteiger partial charge in [-0.25, -0.2) is 13.2 Å². The molecule has 2 rings (SSSR count). The summed E-state index contributed by atoms with van der Waals surface area (Å²) >= 11 is 0. The number of methoxy groups -OCH3 is 1. The van der Waals surface area contributed by atoms with Gasteiger partial charge in [0.1, 0.15) is 11.5 Å². The summed E-state index contributed by atoms with van der Waals surface area (Å²) in [5.74, 6) is -3.82. The third-order valence-corrected chi connectivity index (χ3v) is 4.73. The number of anilines is 2. The highest BCUT2D eigenvalue weighted by atomic mass is 32.2. The van der Waals surface area contributed by atoms with Gasteiger partial charge in [0.25, 0.3) is 0 Å². The van der Waals surface area contributed by atoms with Crippen molar-refractivity contribution in [1.29, 1.82) is 0 Å². The van der Waals surface area contributed by atoms with E-state index < -0.39 is 39.1 Å². The minimum Gasteiger partial charge on any atom is -0.465 e. The molecular formula is C18H18N2O6S. The van der Waals surface area contributed by atoms with Crippen molar-refractivity contribution in [1.82, 2.24) is 0 Å². The van der Waals surface area contributed by atoms with Gasteiger partial charge in [-0.2, -0.15) is 0 Å². The number of rotatable bonds is 7. The van der Waals surface area contributed by atoms with Crippen LogP contribution >= 0.6 is 0 Å². The highest BCUT2D eigenvalue weighted by molar-refractivity contribution is 7.92. The van der Waals surface area contributed by atoms with E-state index in [4.69, 9.17) is 0 Å². The number of benzene rings is 2. The van der Waals surface area contributed by atoms with E-state index in [9.17, 15) is 22.8 Å². The fourth-order valence-corrected chi connectivity index (χ4v) is 3.25. The van der Waals surface area contributed by atoms with Gasteiger partial charge in [-0.3, -0.25) is 9.59 Å². The summed E-state index contributed by atoms with van der Waals surface area (Å²) in [7, 11) is -2.74. The van der Waals surface area contributed by atoms with Crippen LogP contribution in [0.25, 0.3) is 0 Å². The van der Waals surface area contributed by atoms with Crippen LogP contribution < -0.4 is 10.6 Å². The quantitative estimate of drug-likeness (QED) is 0.691. The first kappa shape index (κ1) is 20.1. The van der Waals surface area contributed by atoms with Crippen molar-refractivity contribution in [3.05, 3.63) is 60.2 Å². The summed E-state index contributed by atoms with van der Waals surface area (Å²) in [6.07, 6.45) is 0. The molecule has 2 N–H and O–H groups in total. The van der Waals surface area contributed by atoms with Crippen LogP contribution in [-0.2, 0) is 24.2 Å². The Kier molecular flexibility index (Phi) is 6.67. The highest BCUT2D eigenvalue weighted by Crippen LogP contribution is 2.12. The molecule has 142 valence electrons. The first-order chi connectivity index (χ1) is 12.8. The second-order valence-corrected chi connectivity index (χ2v) is 7.63. The minimum absolute atomic E-state index is 0.209. The first-order valence-electron chi connectivity index (χ1n) is 7.82. The van der Waals surface area contributed by atoms with E-state index in [0.717, 1.165) is 0 Å². The summed E-state index contributed by atoms with van der Waals surface area (Å²) in [6.45, 7) is 0. The van der Waals surface area contributed by atoms with Crippen LogP contribution in [0.1, 0.15) is 10.4 Å². The minimum atomic E-state index is -3.97. The van der Waals surface area contributed by atoms with Gasteiger partial charge < -0.3 is 15.4 Å². The Balaban J connectivity index is 1.94. The number of ether oxygens (including phenoxy) is 1. The monoisotopic (exact) mass is 390 g/mol. The van der Waals surface area contributed by atoms with E-state index in [2.05, 4.69) is 15.4 Å². The summed E-state index contributed by atoms with van der Waals surface area (Å²) in [4.78, 5) is 35.3. The molecule has 0 radical (unpaired) electrons. The average Bonchev–Trinajstić information content (AvgIpc) is 2.60. The zero-order chi connectivity index (χ0) is 19.9. The molecule has 0 aliphatic rings. The second kappa shape index (κ2) is 8.95. The molecule has 8 nitrogen and oxygen atoms in total. The molecule has 2 amide bonds. The van der Waals surface area contributed by atoms with Crippen molar-refractivity contribution in [2.24, 2.45) is 0 Å². The van der Waals surface area contributed by atoms with Gasteiger partial charge in [-0.15, -0.1) is 0 Å².